The summed E-state index contributed by atoms with van der Waals surface area (Å²) in [6, 6.07) is 5.00. The summed E-state index contributed by atoms with van der Waals surface area (Å²) in [7, 11) is 0. The summed E-state index contributed by atoms with van der Waals surface area (Å²) < 4.78 is 1.84. The second kappa shape index (κ2) is 5.68. The summed E-state index contributed by atoms with van der Waals surface area (Å²) in [5, 5.41) is 22.4. The van der Waals surface area contributed by atoms with Crippen molar-refractivity contribution in [2.24, 2.45) is 0 Å². The molecule has 0 aliphatic rings. The molecule has 7 heteroatoms. The number of hydrogen-bond acceptors (Lipinski definition) is 5. The van der Waals surface area contributed by atoms with Crippen LogP contribution in [0.5, 0.6) is 0 Å². The Morgan fingerprint density at radius 3 is 2.70 bits per heavy atom. The number of aromatic nitrogens is 3. The van der Waals surface area contributed by atoms with Gasteiger partial charge >= 0.3 is 0 Å². The molecule has 0 aliphatic carbocycles. The molecule has 0 unspecified atom stereocenters. The van der Waals surface area contributed by atoms with Gasteiger partial charge in [0.05, 0.1) is 10.5 Å². The van der Waals surface area contributed by atoms with Gasteiger partial charge in [-0.1, -0.05) is 6.07 Å². The Hall–Kier alpha value is -2.44. The zero-order valence-corrected chi connectivity index (χ0v) is 11.8. The van der Waals surface area contributed by atoms with Gasteiger partial charge in [0.15, 0.2) is 5.82 Å². The largest absolute Gasteiger partial charge is 0.355 e. The first kappa shape index (κ1) is 14.0. The summed E-state index contributed by atoms with van der Waals surface area (Å²) in [4.78, 5) is 10.8. The number of anilines is 1. The molecule has 106 valence electrons. The normalized spacial score (nSPS) is 10.6. The second-order valence-electron chi connectivity index (χ2n) is 4.40. The summed E-state index contributed by atoms with van der Waals surface area (Å²) in [6.07, 6.45) is 0. The molecule has 0 bridgehead atoms. The Labute approximate surface area is 116 Å². The maximum Gasteiger partial charge on any atom is 0.280 e. The number of nitro benzene ring substituents is 1. The van der Waals surface area contributed by atoms with E-state index in [2.05, 4.69) is 15.5 Å². The third kappa shape index (κ3) is 2.47. The van der Waals surface area contributed by atoms with Crippen molar-refractivity contribution in [3.63, 3.8) is 0 Å². The first-order chi connectivity index (χ1) is 9.58. The molecule has 2 rings (SSSR count). The van der Waals surface area contributed by atoms with Gasteiger partial charge in [-0.15, -0.1) is 10.2 Å². The zero-order chi connectivity index (χ0) is 14.7. The maximum absolute atomic E-state index is 11.2. The molecule has 1 aromatic carbocycles. The molecule has 2 aromatic rings. The minimum Gasteiger partial charge on any atom is -0.355 e. The number of rotatable bonds is 5. The molecule has 0 atom stereocenters. The monoisotopic (exact) mass is 275 g/mol. The highest BCUT2D eigenvalue weighted by atomic mass is 16.6. The van der Waals surface area contributed by atoms with E-state index in [-0.39, 0.29) is 5.69 Å². The number of hydrogen-bond donors (Lipinski definition) is 1. The molecule has 1 heterocycles. The van der Waals surface area contributed by atoms with Gasteiger partial charge in [-0.25, -0.2) is 0 Å². The minimum absolute atomic E-state index is 0.0424. The Bertz CT molecular complexity index is 636. The van der Waals surface area contributed by atoms with Crippen LogP contribution in [0, 0.1) is 17.0 Å². The van der Waals surface area contributed by atoms with E-state index >= 15 is 0 Å². The summed E-state index contributed by atoms with van der Waals surface area (Å²) in [5.41, 5.74) is 1.48. The first-order valence-electron chi connectivity index (χ1n) is 6.51. The highest BCUT2D eigenvalue weighted by molar-refractivity contribution is 5.70. The molecule has 0 amide bonds. The highest BCUT2D eigenvalue weighted by Crippen LogP contribution is 2.30. The number of aryl methyl sites for hydroxylation is 1. The van der Waals surface area contributed by atoms with Gasteiger partial charge in [0.1, 0.15) is 0 Å². The van der Waals surface area contributed by atoms with Crippen molar-refractivity contribution in [3.05, 3.63) is 33.9 Å². The van der Waals surface area contributed by atoms with Crippen molar-refractivity contribution in [3.8, 4) is 11.4 Å². The molecule has 7 nitrogen and oxygen atoms in total. The molecule has 0 radical (unpaired) electrons. The van der Waals surface area contributed by atoms with Crippen LogP contribution < -0.4 is 5.32 Å². The molecule has 0 saturated heterocycles. The predicted molar refractivity (Wildman–Crippen MR) is 76.7 cm³/mol. The molecule has 1 N–H and O–H groups in total. The molecular formula is C13H17N5O2. The third-order valence-corrected chi connectivity index (χ3v) is 2.99. The number of benzene rings is 1. The fraction of sp³-hybridized carbons (Fsp3) is 0.385. The van der Waals surface area contributed by atoms with Gasteiger partial charge in [0, 0.05) is 19.2 Å². The van der Waals surface area contributed by atoms with Crippen molar-refractivity contribution in [2.75, 3.05) is 11.9 Å². The topological polar surface area (TPSA) is 85.9 Å². The van der Waals surface area contributed by atoms with Crippen molar-refractivity contribution < 1.29 is 4.92 Å². The van der Waals surface area contributed by atoms with Crippen molar-refractivity contribution in [2.45, 2.75) is 27.3 Å². The van der Waals surface area contributed by atoms with Crippen LogP contribution in [0.2, 0.25) is 0 Å². The second-order valence-corrected chi connectivity index (χ2v) is 4.40. The fourth-order valence-corrected chi connectivity index (χ4v) is 2.08. The number of nitrogens with zero attached hydrogens (tertiary/aromatic N) is 4. The molecule has 0 spiro atoms. The van der Waals surface area contributed by atoms with E-state index in [1.165, 1.54) is 6.07 Å². The summed E-state index contributed by atoms with van der Waals surface area (Å²) in [5.74, 6) is 1.14. The van der Waals surface area contributed by atoms with Gasteiger partial charge in [-0.2, -0.15) is 0 Å². The van der Waals surface area contributed by atoms with Crippen LogP contribution in [0.4, 0.5) is 11.6 Å². The first-order valence-corrected chi connectivity index (χ1v) is 6.51. The van der Waals surface area contributed by atoms with E-state index in [0.717, 1.165) is 5.56 Å². The number of nitro groups is 1. The van der Waals surface area contributed by atoms with Crippen molar-refractivity contribution >= 4 is 11.6 Å². The Kier molecular flexibility index (Phi) is 3.97. The van der Waals surface area contributed by atoms with Crippen LogP contribution in [0.15, 0.2) is 18.2 Å². The van der Waals surface area contributed by atoms with Crippen LogP contribution in [0.25, 0.3) is 11.4 Å². The Balaban J connectivity index is 2.61. The molecule has 0 aliphatic heterocycles. The summed E-state index contributed by atoms with van der Waals surface area (Å²) >= 11 is 0. The van der Waals surface area contributed by atoms with Crippen molar-refractivity contribution in [1.82, 2.24) is 14.8 Å². The smallest absolute Gasteiger partial charge is 0.280 e. The van der Waals surface area contributed by atoms with E-state index in [0.29, 0.717) is 30.4 Å². The Morgan fingerprint density at radius 1 is 1.35 bits per heavy atom. The van der Waals surface area contributed by atoms with E-state index in [1.54, 1.807) is 12.1 Å². The van der Waals surface area contributed by atoms with Crippen LogP contribution in [0.3, 0.4) is 0 Å². The lowest BCUT2D eigenvalue weighted by Crippen LogP contribution is -2.07. The van der Waals surface area contributed by atoms with Gasteiger partial charge in [-0.05, 0) is 32.4 Å². The predicted octanol–water partition coefficient (Wildman–Crippen LogP) is 2.61. The maximum atomic E-state index is 11.2. The summed E-state index contributed by atoms with van der Waals surface area (Å²) in [6.45, 7) is 7.16. The minimum atomic E-state index is -0.392. The lowest BCUT2D eigenvalue weighted by molar-refractivity contribution is -0.384. The van der Waals surface area contributed by atoms with Gasteiger partial charge in [0.25, 0.3) is 5.69 Å². The van der Waals surface area contributed by atoms with Crippen LogP contribution in [-0.2, 0) is 6.54 Å². The van der Waals surface area contributed by atoms with E-state index < -0.39 is 4.92 Å². The van der Waals surface area contributed by atoms with Crippen LogP contribution in [0.1, 0.15) is 19.4 Å². The quantitative estimate of drug-likeness (QED) is 0.669. The third-order valence-electron chi connectivity index (χ3n) is 2.99. The molecule has 20 heavy (non-hydrogen) atoms. The standard InChI is InChI=1S/C13H17N5O2/c1-4-14-13-16-15-12(17(13)5-2)10-8-9(3)6-7-11(10)18(19)20/h6-8H,4-5H2,1-3H3,(H,14,16). The lowest BCUT2D eigenvalue weighted by Gasteiger charge is -2.08. The van der Waals surface area contributed by atoms with Crippen LogP contribution >= 0.6 is 0 Å². The van der Waals surface area contributed by atoms with Gasteiger partial charge in [0.2, 0.25) is 5.95 Å². The van der Waals surface area contributed by atoms with E-state index in [1.807, 2.05) is 25.3 Å². The average molecular weight is 275 g/mol. The van der Waals surface area contributed by atoms with E-state index in [9.17, 15) is 10.1 Å². The van der Waals surface area contributed by atoms with Crippen LogP contribution in [-0.4, -0.2) is 26.2 Å². The van der Waals surface area contributed by atoms with Crippen molar-refractivity contribution in [1.29, 1.82) is 0 Å². The molecule has 0 saturated carbocycles. The van der Waals surface area contributed by atoms with E-state index in [4.69, 9.17) is 0 Å². The SMILES string of the molecule is CCNc1nnc(-c2cc(C)ccc2[N+](=O)[O-])n1CC. The molecule has 1 aromatic heterocycles. The fourth-order valence-electron chi connectivity index (χ4n) is 2.08. The van der Waals surface area contributed by atoms with Gasteiger partial charge in [-0.3, -0.25) is 14.7 Å². The number of nitrogens with one attached hydrogen (secondary N) is 1. The molecular weight excluding hydrogens is 258 g/mol. The van der Waals surface area contributed by atoms with Gasteiger partial charge < -0.3 is 5.32 Å². The Morgan fingerprint density at radius 2 is 2.10 bits per heavy atom. The average Bonchev–Trinajstić information content (AvgIpc) is 2.81. The highest BCUT2D eigenvalue weighted by Gasteiger charge is 2.21. The molecule has 0 fully saturated rings. The lowest BCUT2D eigenvalue weighted by atomic mass is 10.1. The zero-order valence-electron chi connectivity index (χ0n) is 11.8.